The maximum atomic E-state index is 12.5. The number of fused-ring (bicyclic) bond motifs is 4. The Hall–Kier alpha value is -1.91. The quantitative estimate of drug-likeness (QED) is 0.306. The molecule has 1 saturated heterocycles. The Morgan fingerprint density at radius 3 is 2.29 bits per heavy atom. The van der Waals surface area contributed by atoms with E-state index >= 15 is 0 Å². The number of carbonyl (C=O) groups is 3. The number of alkyl carbamates (subject to hydrolysis) is 1. The summed E-state index contributed by atoms with van der Waals surface area (Å²) in [4.78, 5) is 35.4. The third-order valence-corrected chi connectivity index (χ3v) is 14.7. The van der Waals surface area contributed by atoms with Gasteiger partial charge in [0.25, 0.3) is 0 Å². The van der Waals surface area contributed by atoms with E-state index in [1.165, 1.54) is 6.92 Å². The van der Waals surface area contributed by atoms with Crippen LogP contribution in [0.2, 0.25) is 0 Å². The van der Waals surface area contributed by atoms with Crippen molar-refractivity contribution in [3.8, 4) is 0 Å². The number of carbonyl (C=O) groups excluding carboxylic acids is 2. The van der Waals surface area contributed by atoms with Crippen LogP contribution in [0.1, 0.15) is 107 Å². The molecular weight excluding hydrogens is 578 g/mol. The molecule has 0 aromatic heterocycles. The Bertz CT molecular complexity index is 1250. The molecule has 10 nitrogen and oxygen atoms in total. The van der Waals surface area contributed by atoms with Crippen molar-refractivity contribution in [1.82, 2.24) is 5.32 Å². The normalized spacial score (nSPS) is 48.3. The van der Waals surface area contributed by atoms with E-state index in [9.17, 15) is 24.6 Å². The second-order valence-electron chi connectivity index (χ2n) is 17.4. The summed E-state index contributed by atoms with van der Waals surface area (Å²) < 4.78 is 18.3. The molecule has 6 aliphatic rings. The van der Waals surface area contributed by atoms with Crippen LogP contribution < -0.4 is 5.32 Å². The summed E-state index contributed by atoms with van der Waals surface area (Å²) in [7, 11) is 0. The first kappa shape index (κ1) is 33.0. The van der Waals surface area contributed by atoms with Gasteiger partial charge >= 0.3 is 18.0 Å². The third kappa shape index (κ3) is 4.46. The summed E-state index contributed by atoms with van der Waals surface area (Å²) in [6.45, 7) is 15.6. The molecule has 5 aliphatic carbocycles. The smallest absolute Gasteiger partial charge is 0.407 e. The molecular formula is C35H55NO9. The summed E-state index contributed by atoms with van der Waals surface area (Å²) in [5.74, 6) is -0.481. The largest absolute Gasteiger partial charge is 0.480 e. The van der Waals surface area contributed by atoms with Crippen LogP contribution in [0.15, 0.2) is 0 Å². The molecule has 8 unspecified atom stereocenters. The molecule has 0 aromatic rings. The lowest BCUT2D eigenvalue weighted by atomic mass is 9.41. The van der Waals surface area contributed by atoms with Crippen LogP contribution in [0.4, 0.5) is 4.79 Å². The average molecular weight is 634 g/mol. The number of amides is 1. The first-order valence-electron chi connectivity index (χ1n) is 17.2. The summed E-state index contributed by atoms with van der Waals surface area (Å²) in [6.07, 6.45) is 4.26. The van der Waals surface area contributed by atoms with E-state index in [1.54, 1.807) is 13.8 Å². The number of carboxylic acid groups (broad SMARTS) is 1. The van der Waals surface area contributed by atoms with E-state index in [2.05, 4.69) is 39.9 Å². The van der Waals surface area contributed by atoms with Gasteiger partial charge in [-0.3, -0.25) is 9.59 Å². The van der Waals surface area contributed by atoms with Crippen LogP contribution in [-0.2, 0) is 23.8 Å². The highest BCUT2D eigenvalue weighted by Crippen LogP contribution is 2.89. The number of aliphatic hydroxyl groups excluding tert-OH is 1. The maximum absolute atomic E-state index is 12.5. The van der Waals surface area contributed by atoms with Crippen molar-refractivity contribution < 1.29 is 43.9 Å². The van der Waals surface area contributed by atoms with Gasteiger partial charge in [-0.05, 0) is 105 Å². The minimum absolute atomic E-state index is 0.127. The molecule has 0 bridgehead atoms. The van der Waals surface area contributed by atoms with Crippen molar-refractivity contribution in [3.05, 3.63) is 0 Å². The van der Waals surface area contributed by atoms with Gasteiger partial charge < -0.3 is 34.8 Å². The van der Waals surface area contributed by atoms with Crippen LogP contribution >= 0.6 is 0 Å². The molecule has 254 valence electrons. The van der Waals surface area contributed by atoms with E-state index in [0.29, 0.717) is 18.3 Å². The number of nitrogens with one attached hydrogen (secondary N) is 1. The van der Waals surface area contributed by atoms with E-state index in [4.69, 9.17) is 19.3 Å². The van der Waals surface area contributed by atoms with Crippen LogP contribution in [0.25, 0.3) is 0 Å². The first-order valence-corrected chi connectivity index (χ1v) is 17.2. The average Bonchev–Trinajstić information content (AvgIpc) is 3.56. The van der Waals surface area contributed by atoms with Gasteiger partial charge in [0.1, 0.15) is 12.6 Å². The fourth-order valence-electron chi connectivity index (χ4n) is 12.9. The second-order valence-corrected chi connectivity index (χ2v) is 17.4. The van der Waals surface area contributed by atoms with Crippen molar-refractivity contribution in [2.75, 3.05) is 6.54 Å². The topological polar surface area (TPSA) is 152 Å². The lowest BCUT2D eigenvalue weighted by Gasteiger charge is -2.63. The van der Waals surface area contributed by atoms with Crippen LogP contribution in [0.3, 0.4) is 0 Å². The van der Waals surface area contributed by atoms with Crippen molar-refractivity contribution >= 4 is 18.0 Å². The molecule has 0 aromatic carbocycles. The standard InChI is InChI=1S/C35H55NO9/c1-18-15-20(28(31(5,6)42)43-19(2)37)44-26-25(18)32(7)13-14-35-17-34(35)12-11-23(45-29(41)36-16-24(38)39)30(3,4)21(34)9-10-22(35)33(32,8)27(26)40/h18,20-23,25-28,40,42H,9-17H2,1-8H3,(H,36,41)(H,38,39)/t18-,20?,21+,22?,23?,25+,26?,27+,28?,32?,33-,34?,35?/m1/s1. The van der Waals surface area contributed by atoms with Gasteiger partial charge in [0.15, 0.2) is 6.10 Å². The SMILES string of the molecule is CC(=O)OC(C1C[C@@H](C)[C@H]2C(O1)[C@H](O)[C@@]1(C)C3CC[C@H]4C(C)(C)C(OC(=O)NCC(=O)O)CCC45CC35CCC21C)C(C)(C)O. The maximum Gasteiger partial charge on any atom is 0.407 e. The van der Waals surface area contributed by atoms with Gasteiger partial charge in [0, 0.05) is 17.8 Å². The van der Waals surface area contributed by atoms with E-state index in [-0.39, 0.29) is 45.0 Å². The number of hydrogen-bond acceptors (Lipinski definition) is 8. The fourth-order valence-corrected chi connectivity index (χ4v) is 12.9. The van der Waals surface area contributed by atoms with Crippen molar-refractivity contribution in [1.29, 1.82) is 0 Å². The molecule has 0 radical (unpaired) electrons. The third-order valence-electron chi connectivity index (χ3n) is 14.7. The second kappa shape index (κ2) is 10.3. The number of esters is 1. The van der Waals surface area contributed by atoms with Gasteiger partial charge in [-0.1, -0.05) is 34.6 Å². The number of aliphatic carboxylic acids is 1. The predicted molar refractivity (Wildman–Crippen MR) is 164 cm³/mol. The number of rotatable bonds is 6. The highest BCUT2D eigenvalue weighted by Gasteiger charge is 2.84. The molecule has 4 N–H and O–H groups in total. The molecule has 2 spiro atoms. The summed E-state index contributed by atoms with van der Waals surface area (Å²) in [6, 6.07) is 0. The molecule has 6 fully saturated rings. The Balaban J connectivity index is 1.26. The summed E-state index contributed by atoms with van der Waals surface area (Å²) in [5.41, 5.74) is -1.77. The lowest BCUT2D eigenvalue weighted by Crippen LogP contribution is -2.60. The molecule has 1 aliphatic heterocycles. The monoisotopic (exact) mass is 633 g/mol. The molecule has 45 heavy (non-hydrogen) atoms. The van der Waals surface area contributed by atoms with E-state index in [0.717, 1.165) is 44.9 Å². The Morgan fingerprint density at radius 2 is 1.67 bits per heavy atom. The van der Waals surface area contributed by atoms with Crippen molar-refractivity contribution in [2.24, 2.45) is 50.7 Å². The lowest BCUT2D eigenvalue weighted by molar-refractivity contribution is -0.216. The first-order chi connectivity index (χ1) is 20.8. The Labute approximate surface area is 267 Å². The molecule has 13 atom stereocenters. The molecule has 6 rings (SSSR count). The van der Waals surface area contributed by atoms with Crippen molar-refractivity contribution in [2.45, 2.75) is 143 Å². The van der Waals surface area contributed by atoms with Gasteiger partial charge in [-0.25, -0.2) is 4.79 Å². The van der Waals surface area contributed by atoms with Crippen molar-refractivity contribution in [3.63, 3.8) is 0 Å². The number of aliphatic hydroxyl groups is 2. The Kier molecular flexibility index (Phi) is 7.55. The number of ether oxygens (including phenoxy) is 3. The van der Waals surface area contributed by atoms with Crippen LogP contribution in [0.5, 0.6) is 0 Å². The predicted octanol–water partition coefficient (Wildman–Crippen LogP) is 4.68. The number of hydrogen-bond donors (Lipinski definition) is 4. The molecule has 1 amide bonds. The van der Waals surface area contributed by atoms with Gasteiger partial charge in [0.2, 0.25) is 0 Å². The van der Waals surface area contributed by atoms with E-state index < -0.39 is 54.6 Å². The fraction of sp³-hybridized carbons (Fsp3) is 0.914. The molecule has 10 heteroatoms. The van der Waals surface area contributed by atoms with Gasteiger partial charge in [-0.15, -0.1) is 0 Å². The zero-order valence-electron chi connectivity index (χ0n) is 28.4. The van der Waals surface area contributed by atoms with E-state index in [1.807, 2.05) is 0 Å². The summed E-state index contributed by atoms with van der Waals surface area (Å²) >= 11 is 0. The molecule has 5 saturated carbocycles. The number of carboxylic acids is 1. The summed E-state index contributed by atoms with van der Waals surface area (Å²) in [5, 5.41) is 34.7. The van der Waals surface area contributed by atoms with Gasteiger partial charge in [0.05, 0.1) is 23.9 Å². The highest BCUT2D eigenvalue weighted by molar-refractivity contribution is 5.76. The minimum atomic E-state index is -1.29. The van der Waals surface area contributed by atoms with Crippen LogP contribution in [0, 0.1) is 50.7 Å². The molecule has 1 heterocycles. The Morgan fingerprint density at radius 1 is 1.02 bits per heavy atom. The minimum Gasteiger partial charge on any atom is -0.480 e. The van der Waals surface area contributed by atoms with Crippen LogP contribution in [-0.4, -0.2) is 76.0 Å². The zero-order chi connectivity index (χ0) is 33.1. The zero-order valence-corrected chi connectivity index (χ0v) is 28.4. The highest BCUT2D eigenvalue weighted by atomic mass is 16.6. The van der Waals surface area contributed by atoms with Gasteiger partial charge in [-0.2, -0.15) is 0 Å².